The molecule has 204 valence electrons. The van der Waals surface area contributed by atoms with Crippen LogP contribution in [0.15, 0.2) is 94.7 Å². The van der Waals surface area contributed by atoms with Crippen LogP contribution in [0, 0.1) is 11.3 Å². The average Bonchev–Trinajstić information content (AvgIpc) is 2.96. The smallest absolute Gasteiger partial charge is 0.254 e. The van der Waals surface area contributed by atoms with E-state index in [0.717, 1.165) is 17.7 Å². The van der Waals surface area contributed by atoms with E-state index in [1.807, 2.05) is 43.3 Å². The molecule has 40 heavy (non-hydrogen) atoms. The van der Waals surface area contributed by atoms with Gasteiger partial charge in [-0.3, -0.25) is 9.59 Å². The molecule has 0 radical (unpaired) electrons. The molecule has 9 heteroatoms. The van der Waals surface area contributed by atoms with Crippen molar-refractivity contribution < 1.29 is 14.3 Å². The van der Waals surface area contributed by atoms with Gasteiger partial charge in [0.15, 0.2) is 0 Å². The molecule has 1 unspecified atom stereocenters. The Bertz CT molecular complexity index is 1540. The molecule has 7 nitrogen and oxygen atoms in total. The van der Waals surface area contributed by atoms with E-state index in [-0.39, 0.29) is 11.7 Å². The number of thioether (sulfide) groups is 1. The predicted octanol–water partition coefficient (Wildman–Crippen LogP) is 6.62. The van der Waals surface area contributed by atoms with E-state index in [0.29, 0.717) is 43.9 Å². The molecule has 2 amide bonds. The topological polar surface area (TPSA) is 103 Å². The van der Waals surface area contributed by atoms with E-state index in [1.165, 1.54) is 18.9 Å². The molecule has 1 atom stereocenters. The number of para-hydroxylation sites is 3. The number of rotatable bonds is 9. The molecule has 3 aromatic carbocycles. The third kappa shape index (κ3) is 6.33. The Morgan fingerprint density at radius 3 is 2.40 bits per heavy atom. The van der Waals surface area contributed by atoms with Crippen molar-refractivity contribution in [2.45, 2.75) is 26.2 Å². The van der Waals surface area contributed by atoms with Crippen molar-refractivity contribution in [2.75, 3.05) is 23.5 Å². The van der Waals surface area contributed by atoms with Crippen LogP contribution in [0.5, 0.6) is 5.75 Å². The zero-order chi connectivity index (χ0) is 28.6. The molecule has 1 aliphatic rings. The van der Waals surface area contributed by atoms with Crippen molar-refractivity contribution in [3.05, 3.63) is 111 Å². The van der Waals surface area contributed by atoms with E-state index in [1.54, 1.807) is 43.3 Å². The molecule has 3 aromatic rings. The summed E-state index contributed by atoms with van der Waals surface area (Å²) < 4.78 is 5.39. The minimum absolute atomic E-state index is 0.0663. The molecule has 0 saturated heterocycles. The van der Waals surface area contributed by atoms with E-state index in [4.69, 9.17) is 16.3 Å². The summed E-state index contributed by atoms with van der Waals surface area (Å²) in [7, 11) is 1.53. The fraction of sp³-hybridized carbons (Fsp3) is 0.194. The minimum atomic E-state index is -0.749. The van der Waals surface area contributed by atoms with Crippen LogP contribution < -0.4 is 20.7 Å². The number of nitriles is 1. The van der Waals surface area contributed by atoms with Crippen LogP contribution >= 0.6 is 23.4 Å². The number of anilines is 2. The van der Waals surface area contributed by atoms with Gasteiger partial charge in [0, 0.05) is 22.0 Å². The molecular formula is C31H29ClN4O3S. The molecule has 0 bridgehead atoms. The number of hydrogen-bond donors (Lipinski definition) is 3. The maximum absolute atomic E-state index is 13.7. The highest BCUT2D eigenvalue weighted by Crippen LogP contribution is 2.43. The van der Waals surface area contributed by atoms with Crippen molar-refractivity contribution in [1.29, 1.82) is 5.26 Å². The molecule has 0 saturated carbocycles. The number of benzene rings is 3. The highest BCUT2D eigenvalue weighted by atomic mass is 35.5. The number of carbonyl (C=O) groups is 2. The van der Waals surface area contributed by atoms with E-state index in [2.05, 4.69) is 22.0 Å². The fourth-order valence-corrected chi connectivity index (χ4v) is 5.70. The monoisotopic (exact) mass is 572 g/mol. The first-order valence-corrected chi connectivity index (χ1v) is 14.1. The SMILES string of the molecule is CCc1ccccc1NC(=O)CSC1=C(C#N)C(c2ccccc2Cl)C(C(=O)Nc2ccccc2OC)=C(C)N1. The number of hydrogen-bond acceptors (Lipinski definition) is 6. The van der Waals surface area contributed by atoms with E-state index in [9.17, 15) is 14.9 Å². The van der Waals surface area contributed by atoms with Crippen LogP contribution in [-0.2, 0) is 16.0 Å². The zero-order valence-electron chi connectivity index (χ0n) is 22.4. The van der Waals surface area contributed by atoms with Gasteiger partial charge in [-0.1, -0.05) is 78.8 Å². The normalized spacial score (nSPS) is 14.7. The summed E-state index contributed by atoms with van der Waals surface area (Å²) in [5.41, 5.74) is 4.12. The van der Waals surface area contributed by atoms with Crippen LogP contribution in [0.3, 0.4) is 0 Å². The Kier molecular flexibility index (Phi) is 9.54. The zero-order valence-corrected chi connectivity index (χ0v) is 24.0. The van der Waals surface area contributed by atoms with Crippen molar-refractivity contribution in [2.24, 2.45) is 0 Å². The van der Waals surface area contributed by atoms with Gasteiger partial charge >= 0.3 is 0 Å². The van der Waals surface area contributed by atoms with Crippen molar-refractivity contribution in [1.82, 2.24) is 5.32 Å². The molecule has 1 aliphatic heterocycles. The minimum Gasteiger partial charge on any atom is -0.495 e. The standard InChI is InChI=1S/C31H29ClN4O3S/c1-4-20-11-5-8-14-24(20)35-27(37)18-40-31-22(17-33)29(21-12-6-7-13-23(21)32)28(19(2)34-31)30(38)36-25-15-9-10-16-26(25)39-3/h5-16,29,34H,4,18H2,1-3H3,(H,35,37)(H,36,38). The van der Waals surface area contributed by atoms with Crippen LogP contribution in [0.25, 0.3) is 0 Å². The van der Waals surface area contributed by atoms with Gasteiger partial charge in [0.2, 0.25) is 5.91 Å². The Balaban J connectivity index is 1.66. The molecule has 0 aliphatic carbocycles. The van der Waals surface area contributed by atoms with Gasteiger partial charge in [-0.05, 0) is 48.7 Å². The fourth-order valence-electron chi connectivity index (χ4n) is 4.56. The lowest BCUT2D eigenvalue weighted by Gasteiger charge is -2.30. The molecule has 1 heterocycles. The first-order valence-electron chi connectivity index (χ1n) is 12.7. The second kappa shape index (κ2) is 13.2. The quantitative estimate of drug-likeness (QED) is 0.266. The summed E-state index contributed by atoms with van der Waals surface area (Å²) in [5, 5.41) is 20.3. The number of ether oxygens (including phenoxy) is 1. The number of dihydropyridines is 1. The number of allylic oxidation sites excluding steroid dienone is 2. The van der Waals surface area contributed by atoms with Gasteiger partial charge in [-0.2, -0.15) is 5.26 Å². The van der Waals surface area contributed by atoms with Gasteiger partial charge in [0.05, 0.1) is 41.1 Å². The van der Waals surface area contributed by atoms with Gasteiger partial charge in [-0.15, -0.1) is 0 Å². The van der Waals surface area contributed by atoms with Gasteiger partial charge in [0.1, 0.15) is 5.75 Å². The van der Waals surface area contributed by atoms with Crippen molar-refractivity contribution >= 4 is 46.6 Å². The van der Waals surface area contributed by atoms with Crippen LogP contribution in [0.1, 0.15) is 30.9 Å². The van der Waals surface area contributed by atoms with Crippen LogP contribution in [-0.4, -0.2) is 24.7 Å². The lowest BCUT2D eigenvalue weighted by molar-refractivity contribution is -0.114. The second-order valence-electron chi connectivity index (χ2n) is 8.97. The first-order chi connectivity index (χ1) is 19.4. The molecule has 4 rings (SSSR count). The van der Waals surface area contributed by atoms with Gasteiger partial charge < -0.3 is 20.7 Å². The highest BCUT2D eigenvalue weighted by Gasteiger charge is 2.36. The number of halogens is 1. The van der Waals surface area contributed by atoms with Gasteiger partial charge in [0.25, 0.3) is 5.91 Å². The summed E-state index contributed by atoms with van der Waals surface area (Å²) in [6.45, 7) is 3.80. The summed E-state index contributed by atoms with van der Waals surface area (Å²) in [6.07, 6.45) is 0.790. The van der Waals surface area contributed by atoms with Crippen molar-refractivity contribution in [3.8, 4) is 11.8 Å². The Morgan fingerprint density at radius 2 is 1.70 bits per heavy atom. The maximum atomic E-state index is 13.7. The summed E-state index contributed by atoms with van der Waals surface area (Å²) in [6, 6.07) is 24.2. The Labute approximate surface area is 243 Å². The Hall–Kier alpha value is -4.19. The maximum Gasteiger partial charge on any atom is 0.254 e. The third-order valence-corrected chi connectivity index (χ3v) is 7.84. The number of carbonyl (C=O) groups excluding carboxylic acids is 2. The molecule has 0 aromatic heterocycles. The number of amides is 2. The lowest BCUT2D eigenvalue weighted by Crippen LogP contribution is -2.31. The second-order valence-corrected chi connectivity index (χ2v) is 10.4. The molecule has 3 N–H and O–H groups in total. The molecular weight excluding hydrogens is 544 g/mol. The number of aryl methyl sites for hydroxylation is 1. The average molecular weight is 573 g/mol. The van der Waals surface area contributed by atoms with Gasteiger partial charge in [-0.25, -0.2) is 0 Å². The predicted molar refractivity (Wildman–Crippen MR) is 161 cm³/mol. The summed E-state index contributed by atoms with van der Waals surface area (Å²) in [4.78, 5) is 26.6. The first kappa shape index (κ1) is 28.8. The molecule has 0 spiro atoms. The third-order valence-electron chi connectivity index (χ3n) is 6.48. The van der Waals surface area contributed by atoms with Crippen LogP contribution in [0.2, 0.25) is 5.02 Å². The van der Waals surface area contributed by atoms with Crippen LogP contribution in [0.4, 0.5) is 11.4 Å². The number of methoxy groups -OCH3 is 1. The molecule has 0 fully saturated rings. The summed E-state index contributed by atoms with van der Waals surface area (Å²) in [5.74, 6) is -0.772. The largest absolute Gasteiger partial charge is 0.495 e. The van der Waals surface area contributed by atoms with Crippen molar-refractivity contribution in [3.63, 3.8) is 0 Å². The Morgan fingerprint density at radius 1 is 1.02 bits per heavy atom. The van der Waals surface area contributed by atoms with E-state index < -0.39 is 11.8 Å². The number of nitrogens with one attached hydrogen (secondary N) is 3. The highest BCUT2D eigenvalue weighted by molar-refractivity contribution is 8.03. The number of nitrogens with zero attached hydrogens (tertiary/aromatic N) is 1. The van der Waals surface area contributed by atoms with E-state index >= 15 is 0 Å². The lowest BCUT2D eigenvalue weighted by atomic mass is 9.82. The summed E-state index contributed by atoms with van der Waals surface area (Å²) >= 11 is 7.81.